The molecule has 2 amide bonds. The van der Waals surface area contributed by atoms with Gasteiger partial charge in [-0.15, -0.1) is 0 Å². The Morgan fingerprint density at radius 3 is 2.11 bits per heavy atom. The Kier molecular flexibility index (Phi) is 8.73. The first-order valence-corrected chi connectivity index (χ1v) is 11.3. The monoisotopic (exact) mass is 492 g/mol. The average Bonchev–Trinajstić information content (AvgIpc) is 3.12. The van der Waals surface area contributed by atoms with Crippen molar-refractivity contribution in [3.8, 4) is 11.1 Å². The molecule has 1 atom stereocenters. The highest BCUT2D eigenvalue weighted by Crippen LogP contribution is 2.44. The molecule has 0 saturated heterocycles. The summed E-state index contributed by atoms with van der Waals surface area (Å²) >= 11 is 0. The Hall–Kier alpha value is -3.56. The van der Waals surface area contributed by atoms with Gasteiger partial charge in [-0.2, -0.15) is 13.2 Å². The third-order valence-electron chi connectivity index (χ3n) is 5.76. The SMILES string of the molecule is O=C(CCCCCNC(=O)OCC1c2ccccc2-c2ccccc21)NC(CC(F)(F)F)C(=O)O. The molecule has 1 unspecified atom stereocenters. The second-order valence-electron chi connectivity index (χ2n) is 8.34. The first-order valence-electron chi connectivity index (χ1n) is 11.3. The molecule has 0 bridgehead atoms. The summed E-state index contributed by atoms with van der Waals surface area (Å²) in [7, 11) is 0. The molecule has 7 nitrogen and oxygen atoms in total. The van der Waals surface area contributed by atoms with Crippen molar-refractivity contribution in [2.45, 2.75) is 50.2 Å². The van der Waals surface area contributed by atoms with Crippen LogP contribution in [-0.4, -0.2) is 48.4 Å². The normalized spacial score (nSPS) is 13.5. The number of carbonyl (C=O) groups excluding carboxylic acids is 2. The van der Waals surface area contributed by atoms with Crippen LogP contribution in [0.15, 0.2) is 48.5 Å². The first kappa shape index (κ1) is 26.1. The van der Waals surface area contributed by atoms with Crippen LogP contribution in [0.2, 0.25) is 0 Å². The van der Waals surface area contributed by atoms with Crippen LogP contribution in [0.1, 0.15) is 49.1 Å². The minimum absolute atomic E-state index is 0.0429. The lowest BCUT2D eigenvalue weighted by atomic mass is 9.98. The summed E-state index contributed by atoms with van der Waals surface area (Å²) in [5.74, 6) is -2.53. The Bertz CT molecular complexity index is 1010. The molecule has 0 radical (unpaired) electrons. The van der Waals surface area contributed by atoms with E-state index in [1.807, 2.05) is 53.8 Å². The number of benzene rings is 2. The number of carbonyl (C=O) groups is 3. The fourth-order valence-corrected chi connectivity index (χ4v) is 4.13. The lowest BCUT2D eigenvalue weighted by molar-refractivity contribution is -0.160. The van der Waals surface area contributed by atoms with Crippen molar-refractivity contribution in [2.75, 3.05) is 13.2 Å². The van der Waals surface area contributed by atoms with Gasteiger partial charge in [-0.3, -0.25) is 4.79 Å². The van der Waals surface area contributed by atoms with Gasteiger partial charge in [0.05, 0.1) is 6.42 Å². The van der Waals surface area contributed by atoms with Crippen molar-refractivity contribution in [3.05, 3.63) is 59.7 Å². The number of hydrogen-bond acceptors (Lipinski definition) is 4. The largest absolute Gasteiger partial charge is 0.480 e. The number of carboxylic acid groups (broad SMARTS) is 1. The summed E-state index contributed by atoms with van der Waals surface area (Å²) in [6, 6.07) is 14.0. The van der Waals surface area contributed by atoms with Gasteiger partial charge in [0.25, 0.3) is 0 Å². The van der Waals surface area contributed by atoms with Gasteiger partial charge in [0.15, 0.2) is 0 Å². The molecule has 3 rings (SSSR count). The van der Waals surface area contributed by atoms with Gasteiger partial charge in [-0.05, 0) is 35.1 Å². The Morgan fingerprint density at radius 1 is 0.943 bits per heavy atom. The van der Waals surface area contributed by atoms with Crippen LogP contribution in [0.3, 0.4) is 0 Å². The zero-order chi connectivity index (χ0) is 25.4. The second-order valence-corrected chi connectivity index (χ2v) is 8.34. The van der Waals surface area contributed by atoms with Crippen molar-refractivity contribution in [2.24, 2.45) is 0 Å². The summed E-state index contributed by atoms with van der Waals surface area (Å²) in [6.07, 6.45) is -5.58. The number of aliphatic carboxylic acids is 1. The van der Waals surface area contributed by atoms with Gasteiger partial charge in [0, 0.05) is 18.9 Å². The van der Waals surface area contributed by atoms with Gasteiger partial charge in [0.2, 0.25) is 5.91 Å². The number of alkyl halides is 3. The lowest BCUT2D eigenvalue weighted by Crippen LogP contribution is -2.43. The van der Waals surface area contributed by atoms with E-state index in [2.05, 4.69) is 5.32 Å². The number of amides is 2. The number of fused-ring (bicyclic) bond motifs is 3. The maximum Gasteiger partial charge on any atom is 0.407 e. The van der Waals surface area contributed by atoms with Crippen molar-refractivity contribution >= 4 is 18.0 Å². The minimum Gasteiger partial charge on any atom is -0.480 e. The highest BCUT2D eigenvalue weighted by Gasteiger charge is 2.36. The fraction of sp³-hybridized carbons (Fsp3) is 0.400. The molecule has 2 aromatic carbocycles. The van der Waals surface area contributed by atoms with E-state index < -0.39 is 36.6 Å². The van der Waals surface area contributed by atoms with E-state index in [4.69, 9.17) is 9.84 Å². The van der Waals surface area contributed by atoms with E-state index >= 15 is 0 Å². The van der Waals surface area contributed by atoms with E-state index in [1.54, 1.807) is 0 Å². The average molecular weight is 492 g/mol. The maximum atomic E-state index is 12.4. The van der Waals surface area contributed by atoms with Gasteiger partial charge < -0.3 is 20.5 Å². The molecule has 0 heterocycles. The van der Waals surface area contributed by atoms with Crippen molar-refractivity contribution < 1.29 is 37.4 Å². The van der Waals surface area contributed by atoms with E-state index in [0.29, 0.717) is 25.8 Å². The highest BCUT2D eigenvalue weighted by molar-refractivity contribution is 5.83. The molecule has 1 aliphatic rings. The smallest absolute Gasteiger partial charge is 0.407 e. The molecule has 0 saturated carbocycles. The van der Waals surface area contributed by atoms with Crippen LogP contribution in [0.25, 0.3) is 11.1 Å². The third-order valence-corrected chi connectivity index (χ3v) is 5.76. The van der Waals surface area contributed by atoms with Crippen LogP contribution < -0.4 is 10.6 Å². The summed E-state index contributed by atoms with van der Waals surface area (Å²) in [5.41, 5.74) is 4.49. The number of halogens is 3. The van der Waals surface area contributed by atoms with Gasteiger partial charge in [0.1, 0.15) is 12.6 Å². The Balaban J connectivity index is 1.33. The van der Waals surface area contributed by atoms with Crippen molar-refractivity contribution in [3.63, 3.8) is 0 Å². The van der Waals surface area contributed by atoms with Crippen LogP contribution in [-0.2, 0) is 14.3 Å². The summed E-state index contributed by atoms with van der Waals surface area (Å²) in [4.78, 5) is 34.7. The molecule has 0 spiro atoms. The zero-order valence-corrected chi connectivity index (χ0v) is 18.9. The fourth-order valence-electron chi connectivity index (χ4n) is 4.13. The summed E-state index contributed by atoms with van der Waals surface area (Å²) in [6.45, 7) is 0.507. The van der Waals surface area contributed by atoms with E-state index in [-0.39, 0.29) is 18.9 Å². The van der Waals surface area contributed by atoms with Gasteiger partial charge in [-0.1, -0.05) is 55.0 Å². The van der Waals surface area contributed by atoms with Crippen LogP contribution >= 0.6 is 0 Å². The molecular weight excluding hydrogens is 465 g/mol. The molecule has 1 aliphatic carbocycles. The highest BCUT2D eigenvalue weighted by atomic mass is 19.4. The van der Waals surface area contributed by atoms with Gasteiger partial charge in [-0.25, -0.2) is 9.59 Å². The number of alkyl carbamates (subject to hydrolysis) is 1. The zero-order valence-electron chi connectivity index (χ0n) is 18.9. The van der Waals surface area contributed by atoms with Crippen molar-refractivity contribution in [1.82, 2.24) is 10.6 Å². The van der Waals surface area contributed by atoms with Crippen LogP contribution in [0.5, 0.6) is 0 Å². The van der Waals surface area contributed by atoms with E-state index in [1.165, 1.54) is 0 Å². The summed E-state index contributed by atoms with van der Waals surface area (Å²) in [5, 5.41) is 13.4. The lowest BCUT2D eigenvalue weighted by Gasteiger charge is -2.16. The standard InChI is InChI=1S/C25H27F3N2O5/c26-25(27,28)14-21(23(32)33)30-22(31)12-2-1-7-13-29-24(34)35-15-20-18-10-5-3-8-16(18)17-9-4-6-11-19(17)20/h3-6,8-11,20-21H,1-2,7,12-15H2,(H,29,34)(H,30,31)(H,32,33). The molecule has 3 N–H and O–H groups in total. The predicted molar refractivity (Wildman–Crippen MR) is 122 cm³/mol. The molecule has 188 valence electrons. The maximum absolute atomic E-state index is 12.4. The molecule has 0 fully saturated rings. The predicted octanol–water partition coefficient (Wildman–Crippen LogP) is 4.61. The molecule has 2 aromatic rings. The van der Waals surface area contributed by atoms with E-state index in [0.717, 1.165) is 22.3 Å². The Labute approximate surface area is 200 Å². The molecule has 35 heavy (non-hydrogen) atoms. The quantitative estimate of drug-likeness (QED) is 0.398. The number of hydrogen-bond donors (Lipinski definition) is 3. The molecule has 10 heteroatoms. The molecular formula is C25H27F3N2O5. The third kappa shape index (κ3) is 7.46. The summed E-state index contributed by atoms with van der Waals surface area (Å²) < 4.78 is 42.6. The van der Waals surface area contributed by atoms with Crippen LogP contribution in [0.4, 0.5) is 18.0 Å². The second kappa shape index (κ2) is 11.7. The number of unbranched alkanes of at least 4 members (excludes halogenated alkanes) is 2. The van der Waals surface area contributed by atoms with Gasteiger partial charge >= 0.3 is 18.2 Å². The Morgan fingerprint density at radius 2 is 1.54 bits per heavy atom. The molecule has 0 aromatic heterocycles. The first-order chi connectivity index (χ1) is 16.7. The van der Waals surface area contributed by atoms with E-state index in [9.17, 15) is 27.6 Å². The number of nitrogens with one attached hydrogen (secondary N) is 2. The molecule has 0 aliphatic heterocycles. The van der Waals surface area contributed by atoms with Crippen LogP contribution in [0, 0.1) is 0 Å². The van der Waals surface area contributed by atoms with Crippen molar-refractivity contribution in [1.29, 1.82) is 0 Å². The number of carboxylic acids is 1. The number of ether oxygens (including phenoxy) is 1. The minimum atomic E-state index is -4.69. The topological polar surface area (TPSA) is 105 Å². The number of rotatable bonds is 11.